The van der Waals surface area contributed by atoms with Gasteiger partial charge in [0.05, 0.1) is 6.54 Å². The Labute approximate surface area is 103 Å². The van der Waals surface area contributed by atoms with Crippen molar-refractivity contribution in [2.45, 2.75) is 6.54 Å². The summed E-state index contributed by atoms with van der Waals surface area (Å²) in [6, 6.07) is 6.77. The molecule has 2 aromatic heterocycles. The Hall–Kier alpha value is -1.88. The van der Waals surface area contributed by atoms with Crippen LogP contribution in [0.4, 0.5) is 0 Å². The molecule has 2 aromatic rings. The lowest BCUT2D eigenvalue weighted by molar-refractivity contribution is 0.0947. The number of halogens is 1. The van der Waals surface area contributed by atoms with Crippen LogP contribution in [0.3, 0.4) is 0 Å². The molecule has 0 unspecified atom stereocenters. The van der Waals surface area contributed by atoms with Crippen LogP contribution in [0.5, 0.6) is 0 Å². The fourth-order valence-electron chi connectivity index (χ4n) is 1.34. The Bertz CT molecular complexity index is 498. The lowest BCUT2D eigenvalue weighted by atomic mass is 10.3. The molecule has 0 radical (unpaired) electrons. The lowest BCUT2D eigenvalue weighted by Gasteiger charge is -2.04. The Morgan fingerprint density at radius 1 is 1.41 bits per heavy atom. The molecule has 0 aliphatic carbocycles. The van der Waals surface area contributed by atoms with E-state index < -0.39 is 0 Å². The number of hydrogen-bond donors (Lipinski definition) is 1. The average molecular weight is 251 g/mol. The van der Waals surface area contributed by atoms with Gasteiger partial charge in [0.25, 0.3) is 5.91 Å². The molecule has 2 rings (SSSR count). The van der Waals surface area contributed by atoms with E-state index in [0.29, 0.717) is 23.9 Å². The summed E-state index contributed by atoms with van der Waals surface area (Å²) >= 11 is 5.70. The first kappa shape index (κ1) is 11.6. The van der Waals surface area contributed by atoms with Crippen LogP contribution in [0, 0.1) is 0 Å². The highest BCUT2D eigenvalue weighted by atomic mass is 35.5. The predicted octanol–water partition coefficient (Wildman–Crippen LogP) is 1.36. The first-order chi connectivity index (χ1) is 8.25. The molecule has 5 nitrogen and oxygen atoms in total. The quantitative estimate of drug-likeness (QED) is 0.834. The first-order valence-corrected chi connectivity index (χ1v) is 5.52. The number of nitrogens with one attached hydrogen (secondary N) is 1. The Balaban J connectivity index is 1.85. The summed E-state index contributed by atoms with van der Waals surface area (Å²) in [5, 5.41) is 7.08. The van der Waals surface area contributed by atoms with Crippen molar-refractivity contribution in [2.24, 2.45) is 0 Å². The maximum atomic E-state index is 11.7. The maximum absolute atomic E-state index is 11.7. The minimum Gasteiger partial charge on any atom is -0.349 e. The maximum Gasteiger partial charge on any atom is 0.270 e. The molecule has 1 amide bonds. The molecule has 6 heteroatoms. The number of carbonyl (C=O) groups excluding carboxylic acids is 1. The highest BCUT2D eigenvalue weighted by Gasteiger charge is 2.06. The third-order valence-electron chi connectivity index (χ3n) is 2.13. The molecule has 2 heterocycles. The first-order valence-electron chi connectivity index (χ1n) is 5.14. The molecule has 0 aromatic carbocycles. The minimum absolute atomic E-state index is 0.236. The lowest BCUT2D eigenvalue weighted by Crippen LogP contribution is -2.28. The van der Waals surface area contributed by atoms with Gasteiger partial charge in [0.15, 0.2) is 0 Å². The van der Waals surface area contributed by atoms with Crippen molar-refractivity contribution in [3.05, 3.63) is 47.5 Å². The van der Waals surface area contributed by atoms with Gasteiger partial charge in [0.2, 0.25) is 0 Å². The summed E-state index contributed by atoms with van der Waals surface area (Å²) in [5.74, 6) is -0.236. The van der Waals surface area contributed by atoms with Gasteiger partial charge >= 0.3 is 0 Å². The van der Waals surface area contributed by atoms with E-state index in [2.05, 4.69) is 15.4 Å². The van der Waals surface area contributed by atoms with Crippen molar-refractivity contribution < 1.29 is 4.79 Å². The Kier molecular flexibility index (Phi) is 3.72. The number of rotatable bonds is 4. The van der Waals surface area contributed by atoms with E-state index in [1.54, 1.807) is 29.1 Å². The van der Waals surface area contributed by atoms with Crippen molar-refractivity contribution in [3.63, 3.8) is 0 Å². The fourth-order valence-corrected chi connectivity index (χ4v) is 1.51. The SMILES string of the molecule is O=C(NCCn1cccn1)c1cccc(Cl)n1. The summed E-state index contributed by atoms with van der Waals surface area (Å²) in [7, 11) is 0. The van der Waals surface area contributed by atoms with Crippen LogP contribution in [-0.2, 0) is 6.54 Å². The van der Waals surface area contributed by atoms with Crippen LogP contribution in [0.25, 0.3) is 0 Å². The Morgan fingerprint density at radius 2 is 2.29 bits per heavy atom. The zero-order valence-electron chi connectivity index (χ0n) is 9.01. The third kappa shape index (κ3) is 3.29. The normalized spacial score (nSPS) is 10.2. The topological polar surface area (TPSA) is 59.8 Å². The fraction of sp³-hybridized carbons (Fsp3) is 0.182. The van der Waals surface area contributed by atoms with Crippen LogP contribution >= 0.6 is 11.6 Å². The molecule has 0 aliphatic heterocycles. The van der Waals surface area contributed by atoms with E-state index in [1.807, 2.05) is 12.3 Å². The average Bonchev–Trinajstić information content (AvgIpc) is 2.82. The van der Waals surface area contributed by atoms with Crippen LogP contribution in [0.2, 0.25) is 5.15 Å². The number of nitrogens with zero attached hydrogens (tertiary/aromatic N) is 3. The summed E-state index contributed by atoms with van der Waals surface area (Å²) in [6.07, 6.45) is 3.53. The van der Waals surface area contributed by atoms with Gasteiger partial charge in [0, 0.05) is 18.9 Å². The number of hydrogen-bond acceptors (Lipinski definition) is 3. The van der Waals surface area contributed by atoms with E-state index in [0.717, 1.165) is 0 Å². The van der Waals surface area contributed by atoms with E-state index in [9.17, 15) is 4.79 Å². The number of carbonyl (C=O) groups is 1. The van der Waals surface area contributed by atoms with Crippen LogP contribution in [0.15, 0.2) is 36.7 Å². The zero-order chi connectivity index (χ0) is 12.1. The largest absolute Gasteiger partial charge is 0.349 e. The van der Waals surface area contributed by atoms with Gasteiger partial charge in [-0.05, 0) is 18.2 Å². The van der Waals surface area contributed by atoms with E-state index in [1.165, 1.54) is 0 Å². The molecule has 0 atom stereocenters. The molecule has 0 aliphatic rings. The molecule has 17 heavy (non-hydrogen) atoms. The molecule has 0 saturated carbocycles. The molecule has 0 fully saturated rings. The van der Waals surface area contributed by atoms with E-state index in [-0.39, 0.29) is 5.91 Å². The van der Waals surface area contributed by atoms with Crippen LogP contribution in [0.1, 0.15) is 10.5 Å². The van der Waals surface area contributed by atoms with Gasteiger partial charge in [-0.3, -0.25) is 9.48 Å². The molecule has 1 N–H and O–H groups in total. The summed E-state index contributed by atoms with van der Waals surface area (Å²) in [6.45, 7) is 1.12. The zero-order valence-corrected chi connectivity index (χ0v) is 9.76. The van der Waals surface area contributed by atoms with Crippen LogP contribution in [-0.4, -0.2) is 27.2 Å². The van der Waals surface area contributed by atoms with Crippen LogP contribution < -0.4 is 5.32 Å². The van der Waals surface area contributed by atoms with Crippen molar-refractivity contribution in [1.29, 1.82) is 0 Å². The summed E-state index contributed by atoms with van der Waals surface area (Å²) < 4.78 is 1.74. The van der Waals surface area contributed by atoms with Gasteiger partial charge in [0.1, 0.15) is 10.8 Å². The second-order valence-electron chi connectivity index (χ2n) is 3.37. The second kappa shape index (κ2) is 5.45. The predicted molar refractivity (Wildman–Crippen MR) is 63.8 cm³/mol. The summed E-state index contributed by atoms with van der Waals surface area (Å²) in [5.41, 5.74) is 0.318. The number of amides is 1. The van der Waals surface area contributed by atoms with Crippen molar-refractivity contribution in [2.75, 3.05) is 6.54 Å². The van der Waals surface area contributed by atoms with Crippen molar-refractivity contribution >= 4 is 17.5 Å². The molecule has 0 spiro atoms. The standard InChI is InChI=1S/C11H11ClN4O/c12-10-4-1-3-9(15-10)11(17)13-6-8-16-7-2-5-14-16/h1-5,7H,6,8H2,(H,13,17). The highest BCUT2D eigenvalue weighted by molar-refractivity contribution is 6.29. The minimum atomic E-state index is -0.236. The van der Waals surface area contributed by atoms with Crippen molar-refractivity contribution in [1.82, 2.24) is 20.1 Å². The second-order valence-corrected chi connectivity index (χ2v) is 3.76. The molecular formula is C11H11ClN4O. The monoisotopic (exact) mass is 250 g/mol. The van der Waals surface area contributed by atoms with Crippen molar-refractivity contribution in [3.8, 4) is 0 Å². The van der Waals surface area contributed by atoms with E-state index in [4.69, 9.17) is 11.6 Å². The number of pyridine rings is 1. The van der Waals surface area contributed by atoms with Gasteiger partial charge in [-0.2, -0.15) is 5.10 Å². The smallest absolute Gasteiger partial charge is 0.270 e. The molecule has 88 valence electrons. The third-order valence-corrected chi connectivity index (χ3v) is 2.34. The van der Waals surface area contributed by atoms with Gasteiger partial charge in [-0.25, -0.2) is 4.98 Å². The Morgan fingerprint density at radius 3 is 3.00 bits per heavy atom. The molecule has 0 saturated heterocycles. The van der Waals surface area contributed by atoms with Gasteiger partial charge in [-0.15, -0.1) is 0 Å². The molecular weight excluding hydrogens is 240 g/mol. The number of aromatic nitrogens is 3. The summed E-state index contributed by atoms with van der Waals surface area (Å²) in [4.78, 5) is 15.6. The van der Waals surface area contributed by atoms with Gasteiger partial charge in [-0.1, -0.05) is 17.7 Å². The van der Waals surface area contributed by atoms with E-state index >= 15 is 0 Å². The highest BCUT2D eigenvalue weighted by Crippen LogP contribution is 2.04. The molecule has 0 bridgehead atoms. The van der Waals surface area contributed by atoms with Gasteiger partial charge < -0.3 is 5.32 Å².